The first-order chi connectivity index (χ1) is 12.2. The van der Waals surface area contributed by atoms with Crippen LogP contribution in [0.3, 0.4) is 0 Å². The van der Waals surface area contributed by atoms with Crippen LogP contribution >= 0.6 is 11.8 Å². The number of likely N-dealkylation sites (N-methyl/N-ethyl adjacent to an activating group) is 1. The van der Waals surface area contributed by atoms with E-state index in [2.05, 4.69) is 54.4 Å². The molecule has 7 nitrogen and oxygen atoms in total. The first-order valence-electron chi connectivity index (χ1n) is 8.79. The highest BCUT2D eigenvalue weighted by Crippen LogP contribution is 2.27. The molecule has 2 fully saturated rings. The minimum Gasteiger partial charge on any atom is -0.355 e. The average molecular weight is 360 g/mol. The fraction of sp³-hybridized carbons (Fsp3) is 0.588. The number of piperazine rings is 1. The molecule has 134 valence electrons. The largest absolute Gasteiger partial charge is 0.355 e. The molecule has 0 amide bonds. The van der Waals surface area contributed by atoms with Crippen LogP contribution in [0.2, 0.25) is 0 Å². The summed E-state index contributed by atoms with van der Waals surface area (Å²) in [5.41, 5.74) is 0. The van der Waals surface area contributed by atoms with Crippen molar-refractivity contribution in [2.75, 3.05) is 61.1 Å². The number of nitrogens with zero attached hydrogens (tertiary/aromatic N) is 7. The van der Waals surface area contributed by atoms with Gasteiger partial charge in [0.05, 0.1) is 6.04 Å². The van der Waals surface area contributed by atoms with Gasteiger partial charge in [-0.1, -0.05) is 0 Å². The van der Waals surface area contributed by atoms with E-state index < -0.39 is 0 Å². The maximum atomic E-state index is 4.56. The Hall–Kier alpha value is -1.80. The number of aromatic nitrogens is 4. The molecule has 0 radical (unpaired) electrons. The molecular formula is C17H25N7S. The highest BCUT2D eigenvalue weighted by Gasteiger charge is 2.29. The normalized spacial score (nSPS) is 22.4. The van der Waals surface area contributed by atoms with Crippen molar-refractivity contribution in [2.24, 2.45) is 7.05 Å². The van der Waals surface area contributed by atoms with Crippen molar-refractivity contribution >= 4 is 23.4 Å². The van der Waals surface area contributed by atoms with Gasteiger partial charge in [-0.05, 0) is 7.05 Å². The van der Waals surface area contributed by atoms with E-state index in [4.69, 9.17) is 0 Å². The standard InChI is InChI=1S/C17H25N7S/c1-21-5-6-24(12-14(21)17-18-3-4-22(17)2)16-11-15(19-13-20-16)23-7-9-25-10-8-23/h3-4,11,13-14H,5-10,12H2,1-2H3. The molecule has 2 aliphatic rings. The van der Waals surface area contributed by atoms with Crippen molar-refractivity contribution in [3.63, 3.8) is 0 Å². The molecule has 1 unspecified atom stereocenters. The summed E-state index contributed by atoms with van der Waals surface area (Å²) in [7, 11) is 4.24. The maximum Gasteiger partial charge on any atom is 0.134 e. The number of thioether (sulfide) groups is 1. The lowest BCUT2D eigenvalue weighted by molar-refractivity contribution is 0.209. The number of hydrogen-bond acceptors (Lipinski definition) is 7. The van der Waals surface area contributed by atoms with E-state index in [1.807, 2.05) is 24.2 Å². The topological polar surface area (TPSA) is 53.3 Å². The van der Waals surface area contributed by atoms with Gasteiger partial charge in [0.15, 0.2) is 0 Å². The van der Waals surface area contributed by atoms with Gasteiger partial charge in [-0.3, -0.25) is 4.90 Å². The molecular weight excluding hydrogens is 334 g/mol. The van der Waals surface area contributed by atoms with Gasteiger partial charge in [0.25, 0.3) is 0 Å². The molecule has 25 heavy (non-hydrogen) atoms. The number of hydrogen-bond donors (Lipinski definition) is 0. The lowest BCUT2D eigenvalue weighted by atomic mass is 10.1. The molecule has 0 aliphatic carbocycles. The van der Waals surface area contributed by atoms with Crippen molar-refractivity contribution in [3.8, 4) is 0 Å². The van der Waals surface area contributed by atoms with Crippen molar-refractivity contribution in [3.05, 3.63) is 30.6 Å². The Labute approximate surface area is 153 Å². The van der Waals surface area contributed by atoms with Crippen LogP contribution in [-0.2, 0) is 7.05 Å². The molecule has 2 aromatic rings. The van der Waals surface area contributed by atoms with E-state index in [-0.39, 0.29) is 6.04 Å². The van der Waals surface area contributed by atoms with Crippen LogP contribution in [0.15, 0.2) is 24.8 Å². The van der Waals surface area contributed by atoms with E-state index >= 15 is 0 Å². The van der Waals surface area contributed by atoms with Crippen molar-refractivity contribution in [1.29, 1.82) is 0 Å². The van der Waals surface area contributed by atoms with Gasteiger partial charge in [-0.25, -0.2) is 15.0 Å². The molecule has 4 rings (SSSR count). The number of aryl methyl sites for hydroxylation is 1. The predicted molar refractivity (Wildman–Crippen MR) is 102 cm³/mol. The second-order valence-corrected chi connectivity index (χ2v) is 7.90. The molecule has 0 N–H and O–H groups in total. The monoisotopic (exact) mass is 359 g/mol. The minimum atomic E-state index is 0.276. The summed E-state index contributed by atoms with van der Waals surface area (Å²) in [6, 6.07) is 2.43. The van der Waals surface area contributed by atoms with Gasteiger partial charge in [-0.2, -0.15) is 11.8 Å². The zero-order chi connectivity index (χ0) is 17.2. The molecule has 0 bridgehead atoms. The summed E-state index contributed by atoms with van der Waals surface area (Å²) >= 11 is 2.02. The fourth-order valence-electron chi connectivity index (χ4n) is 3.53. The van der Waals surface area contributed by atoms with Crippen LogP contribution in [0.5, 0.6) is 0 Å². The second kappa shape index (κ2) is 7.21. The summed E-state index contributed by atoms with van der Waals surface area (Å²) in [4.78, 5) is 20.7. The SMILES string of the molecule is CN1CCN(c2cc(N3CCSCC3)ncn2)CC1c1nccn1C. The number of imidazole rings is 1. The lowest BCUT2D eigenvalue weighted by Crippen LogP contribution is -2.47. The van der Waals surface area contributed by atoms with E-state index in [1.165, 1.54) is 11.5 Å². The Morgan fingerprint density at radius 3 is 2.44 bits per heavy atom. The Kier molecular flexibility index (Phi) is 4.80. The van der Waals surface area contributed by atoms with Crippen LogP contribution < -0.4 is 9.80 Å². The van der Waals surface area contributed by atoms with Crippen molar-refractivity contribution in [1.82, 2.24) is 24.4 Å². The summed E-state index contributed by atoms with van der Waals surface area (Å²) in [5.74, 6) is 5.53. The zero-order valence-electron chi connectivity index (χ0n) is 14.9. The molecule has 2 saturated heterocycles. The fourth-order valence-corrected chi connectivity index (χ4v) is 4.44. The molecule has 4 heterocycles. The predicted octanol–water partition coefficient (Wildman–Crippen LogP) is 1.26. The molecule has 0 spiro atoms. The Balaban J connectivity index is 1.54. The van der Waals surface area contributed by atoms with Gasteiger partial charge >= 0.3 is 0 Å². The van der Waals surface area contributed by atoms with E-state index in [0.29, 0.717) is 0 Å². The third-order valence-electron chi connectivity index (χ3n) is 5.10. The van der Waals surface area contributed by atoms with Crippen LogP contribution in [0, 0.1) is 0 Å². The first-order valence-corrected chi connectivity index (χ1v) is 9.95. The van der Waals surface area contributed by atoms with Crippen LogP contribution in [0.4, 0.5) is 11.6 Å². The van der Waals surface area contributed by atoms with E-state index in [9.17, 15) is 0 Å². The highest BCUT2D eigenvalue weighted by atomic mass is 32.2. The minimum absolute atomic E-state index is 0.276. The van der Waals surface area contributed by atoms with Crippen LogP contribution in [0.1, 0.15) is 11.9 Å². The molecule has 2 aromatic heterocycles. The van der Waals surface area contributed by atoms with E-state index in [0.717, 1.165) is 50.2 Å². The summed E-state index contributed by atoms with van der Waals surface area (Å²) in [5, 5.41) is 0. The van der Waals surface area contributed by atoms with Crippen LogP contribution in [0.25, 0.3) is 0 Å². The maximum absolute atomic E-state index is 4.56. The molecule has 0 saturated carbocycles. The Morgan fingerprint density at radius 1 is 0.960 bits per heavy atom. The van der Waals surface area contributed by atoms with Crippen LogP contribution in [-0.4, -0.2) is 75.7 Å². The Morgan fingerprint density at radius 2 is 1.72 bits per heavy atom. The molecule has 0 aromatic carbocycles. The number of rotatable bonds is 3. The Bertz CT molecular complexity index is 713. The van der Waals surface area contributed by atoms with Crippen molar-refractivity contribution < 1.29 is 0 Å². The second-order valence-electron chi connectivity index (χ2n) is 6.67. The van der Waals surface area contributed by atoms with Gasteiger partial charge < -0.3 is 14.4 Å². The van der Waals surface area contributed by atoms with Gasteiger partial charge in [0.2, 0.25) is 0 Å². The summed E-state index contributed by atoms with van der Waals surface area (Å²) < 4.78 is 2.11. The zero-order valence-corrected chi connectivity index (χ0v) is 15.7. The summed E-state index contributed by atoms with van der Waals surface area (Å²) in [6.45, 7) is 5.01. The third-order valence-corrected chi connectivity index (χ3v) is 6.04. The summed E-state index contributed by atoms with van der Waals surface area (Å²) in [6.07, 6.45) is 5.60. The lowest BCUT2D eigenvalue weighted by Gasteiger charge is -2.39. The third kappa shape index (κ3) is 3.46. The first kappa shape index (κ1) is 16.7. The molecule has 8 heteroatoms. The number of anilines is 2. The van der Waals surface area contributed by atoms with Crippen molar-refractivity contribution in [2.45, 2.75) is 6.04 Å². The van der Waals surface area contributed by atoms with E-state index in [1.54, 1.807) is 6.33 Å². The highest BCUT2D eigenvalue weighted by molar-refractivity contribution is 7.99. The van der Waals surface area contributed by atoms with Gasteiger partial charge in [0.1, 0.15) is 23.8 Å². The average Bonchev–Trinajstić information content (AvgIpc) is 3.09. The quantitative estimate of drug-likeness (QED) is 0.818. The molecule has 2 aliphatic heterocycles. The van der Waals surface area contributed by atoms with Gasteiger partial charge in [0, 0.05) is 69.7 Å². The smallest absolute Gasteiger partial charge is 0.134 e. The molecule has 1 atom stereocenters. The van der Waals surface area contributed by atoms with Gasteiger partial charge in [-0.15, -0.1) is 0 Å².